The van der Waals surface area contributed by atoms with E-state index in [1.54, 1.807) is 6.21 Å². The van der Waals surface area contributed by atoms with Crippen molar-refractivity contribution in [2.24, 2.45) is 12.1 Å². The van der Waals surface area contributed by atoms with Crippen molar-refractivity contribution >= 4 is 39.8 Å². The van der Waals surface area contributed by atoms with Crippen molar-refractivity contribution in [3.63, 3.8) is 0 Å². The number of rotatable bonds is 7. The Labute approximate surface area is 181 Å². The molecule has 0 aliphatic carbocycles. The topological polar surface area (TPSA) is 90.0 Å². The molecule has 0 spiro atoms. The predicted molar refractivity (Wildman–Crippen MR) is 118 cm³/mol. The normalized spacial score (nSPS) is 11.3. The van der Waals surface area contributed by atoms with Crippen molar-refractivity contribution in [3.8, 4) is 11.4 Å². The van der Waals surface area contributed by atoms with Crippen LogP contribution in [0.5, 0.6) is 0 Å². The van der Waals surface area contributed by atoms with Crippen molar-refractivity contribution in [2.75, 3.05) is 5.75 Å². The predicted octanol–water partition coefficient (Wildman–Crippen LogP) is 3.32. The first-order valence-electron chi connectivity index (χ1n) is 9.04. The van der Waals surface area contributed by atoms with Crippen LogP contribution in [-0.4, -0.2) is 42.4 Å². The van der Waals surface area contributed by atoms with Gasteiger partial charge in [-0.05, 0) is 32.9 Å². The maximum Gasteiger partial charge on any atom is 0.250 e. The van der Waals surface area contributed by atoms with Crippen LogP contribution in [0.25, 0.3) is 11.4 Å². The Morgan fingerprint density at radius 1 is 1.34 bits per heavy atom. The number of hydrogen-bond acceptors (Lipinski definition) is 6. The molecule has 0 atom stereocenters. The smallest absolute Gasteiger partial charge is 0.250 e. The Balaban J connectivity index is 1.58. The number of halogens is 1. The van der Waals surface area contributed by atoms with Crippen molar-refractivity contribution in [1.29, 1.82) is 0 Å². The molecule has 152 valence electrons. The molecule has 0 fully saturated rings. The minimum atomic E-state index is -0.212. The highest BCUT2D eigenvalue weighted by Crippen LogP contribution is 2.24. The van der Waals surface area contributed by atoms with Gasteiger partial charge in [0, 0.05) is 34.9 Å². The second kappa shape index (κ2) is 9.36. The number of amides is 1. The molecule has 2 aromatic heterocycles. The zero-order chi connectivity index (χ0) is 21.0. The molecule has 1 N–H and O–H groups in total. The van der Waals surface area contributed by atoms with Crippen LogP contribution in [-0.2, 0) is 18.4 Å². The first kappa shape index (κ1) is 21.3. The molecule has 3 aromatic rings. The summed E-state index contributed by atoms with van der Waals surface area (Å²) in [6.45, 7) is 6.74. The highest BCUT2D eigenvalue weighted by Gasteiger charge is 2.13. The van der Waals surface area contributed by atoms with Crippen LogP contribution in [0.2, 0.25) is 0 Å². The Morgan fingerprint density at radius 3 is 2.83 bits per heavy atom. The molecule has 0 bridgehead atoms. The van der Waals surface area contributed by atoms with Gasteiger partial charge in [-0.2, -0.15) is 10.2 Å². The number of hydrogen-bond donors (Lipinski definition) is 1. The Morgan fingerprint density at radius 2 is 2.14 bits per heavy atom. The summed E-state index contributed by atoms with van der Waals surface area (Å²) in [7, 11) is 1.88. The molecule has 3 rings (SSSR count). The second-order valence-corrected chi connectivity index (χ2v) is 8.22. The molecule has 0 aliphatic heterocycles. The fourth-order valence-electron chi connectivity index (χ4n) is 2.86. The minimum absolute atomic E-state index is 0.188. The third kappa shape index (κ3) is 4.94. The fourth-order valence-corrected chi connectivity index (χ4v) is 3.96. The number of thioether (sulfide) groups is 1. The number of hydrazone groups is 1. The number of nitrogens with zero attached hydrogens (tertiary/aromatic N) is 6. The van der Waals surface area contributed by atoms with Gasteiger partial charge in [-0.15, -0.1) is 10.2 Å². The van der Waals surface area contributed by atoms with Crippen LogP contribution < -0.4 is 5.43 Å². The number of aryl methyl sites for hydroxylation is 2. The number of aromatic nitrogens is 5. The van der Waals surface area contributed by atoms with E-state index in [1.807, 2.05) is 61.3 Å². The Bertz CT molecular complexity index is 1060. The highest BCUT2D eigenvalue weighted by atomic mass is 79.9. The molecular weight excluding hydrogens is 454 g/mol. The zero-order valence-electron chi connectivity index (χ0n) is 16.7. The summed E-state index contributed by atoms with van der Waals surface area (Å²) in [5.41, 5.74) is 6.34. The number of benzene rings is 1. The largest absolute Gasteiger partial charge is 0.305 e. The van der Waals surface area contributed by atoms with Crippen molar-refractivity contribution < 1.29 is 4.79 Å². The van der Waals surface area contributed by atoms with E-state index >= 15 is 0 Å². The molecule has 0 aliphatic rings. The fraction of sp³-hybridized carbons (Fsp3) is 0.316. The Kier molecular flexibility index (Phi) is 6.86. The number of carbonyl (C=O) groups is 1. The zero-order valence-corrected chi connectivity index (χ0v) is 19.1. The van der Waals surface area contributed by atoms with Gasteiger partial charge in [-0.1, -0.05) is 39.8 Å². The average Bonchev–Trinajstić information content (AvgIpc) is 3.20. The molecule has 2 heterocycles. The van der Waals surface area contributed by atoms with Gasteiger partial charge in [-0.25, -0.2) is 5.43 Å². The number of carbonyl (C=O) groups excluding carboxylic acids is 1. The maximum atomic E-state index is 12.1. The van der Waals surface area contributed by atoms with Crippen molar-refractivity contribution in [3.05, 3.63) is 45.7 Å². The van der Waals surface area contributed by atoms with Gasteiger partial charge in [0.15, 0.2) is 11.0 Å². The van der Waals surface area contributed by atoms with Crippen LogP contribution in [0.15, 0.2) is 39.0 Å². The minimum Gasteiger partial charge on any atom is -0.305 e. The van der Waals surface area contributed by atoms with Gasteiger partial charge in [0.2, 0.25) is 0 Å². The van der Waals surface area contributed by atoms with Crippen molar-refractivity contribution in [2.45, 2.75) is 32.5 Å². The highest BCUT2D eigenvalue weighted by molar-refractivity contribution is 9.10. The van der Waals surface area contributed by atoms with Gasteiger partial charge in [0.25, 0.3) is 5.91 Å². The maximum absolute atomic E-state index is 12.1. The molecule has 29 heavy (non-hydrogen) atoms. The standard InChI is InChI=1S/C19H22BrN7OS/c1-5-27-13(3)16(12(2)25-27)10-21-22-17(28)11-29-19-24-23-18(26(19)4)14-7-6-8-15(20)9-14/h6-10H,5,11H2,1-4H3,(H,22,28). The summed E-state index contributed by atoms with van der Waals surface area (Å²) in [6, 6.07) is 7.84. The molecular formula is C19H22BrN7OS. The monoisotopic (exact) mass is 475 g/mol. The summed E-state index contributed by atoms with van der Waals surface area (Å²) in [6.07, 6.45) is 1.64. The lowest BCUT2D eigenvalue weighted by Crippen LogP contribution is -2.20. The summed E-state index contributed by atoms with van der Waals surface area (Å²) in [5.74, 6) is 0.719. The van der Waals surface area contributed by atoms with Crippen LogP contribution in [0.1, 0.15) is 23.9 Å². The van der Waals surface area contributed by atoms with E-state index in [1.165, 1.54) is 11.8 Å². The molecule has 0 saturated heterocycles. The lowest BCUT2D eigenvalue weighted by Gasteiger charge is -2.04. The molecule has 0 unspecified atom stereocenters. The van der Waals surface area contributed by atoms with E-state index in [0.717, 1.165) is 39.4 Å². The molecule has 1 aromatic carbocycles. The molecule has 1 amide bonds. The lowest BCUT2D eigenvalue weighted by atomic mass is 10.2. The van der Waals surface area contributed by atoms with Crippen LogP contribution >= 0.6 is 27.7 Å². The van der Waals surface area contributed by atoms with E-state index in [9.17, 15) is 4.79 Å². The quantitative estimate of drug-likeness (QED) is 0.321. The van der Waals surface area contributed by atoms with Crippen LogP contribution in [0.4, 0.5) is 0 Å². The average molecular weight is 476 g/mol. The SMILES string of the molecule is CCn1nc(C)c(C=NNC(=O)CSc2nnc(-c3cccc(Br)c3)n2C)c1C. The second-order valence-electron chi connectivity index (χ2n) is 6.36. The number of nitrogens with one attached hydrogen (secondary N) is 1. The summed E-state index contributed by atoms with van der Waals surface area (Å²) in [4.78, 5) is 12.1. The van der Waals surface area contributed by atoms with Gasteiger partial charge >= 0.3 is 0 Å². The molecule has 10 heteroatoms. The van der Waals surface area contributed by atoms with Crippen molar-refractivity contribution in [1.82, 2.24) is 30.0 Å². The van der Waals surface area contributed by atoms with E-state index < -0.39 is 0 Å². The molecule has 8 nitrogen and oxygen atoms in total. The van der Waals surface area contributed by atoms with E-state index in [-0.39, 0.29) is 11.7 Å². The van der Waals surface area contributed by atoms with E-state index in [4.69, 9.17) is 0 Å². The first-order chi connectivity index (χ1) is 13.9. The van der Waals surface area contributed by atoms with E-state index in [0.29, 0.717) is 5.16 Å². The molecule has 0 radical (unpaired) electrons. The van der Waals surface area contributed by atoms with Gasteiger partial charge < -0.3 is 4.57 Å². The van der Waals surface area contributed by atoms with Crippen LogP contribution in [0.3, 0.4) is 0 Å². The summed E-state index contributed by atoms with van der Waals surface area (Å²) < 4.78 is 4.75. The Hall–Kier alpha value is -2.46. The van der Waals surface area contributed by atoms with Crippen LogP contribution in [0, 0.1) is 13.8 Å². The molecule has 0 saturated carbocycles. The van der Waals surface area contributed by atoms with Gasteiger partial charge in [0.1, 0.15) is 0 Å². The lowest BCUT2D eigenvalue weighted by molar-refractivity contribution is -0.118. The first-order valence-corrected chi connectivity index (χ1v) is 10.8. The van der Waals surface area contributed by atoms with E-state index in [2.05, 4.69) is 41.8 Å². The summed E-state index contributed by atoms with van der Waals surface area (Å²) >= 11 is 4.77. The van der Waals surface area contributed by atoms with Gasteiger partial charge in [0.05, 0.1) is 17.7 Å². The third-order valence-corrected chi connectivity index (χ3v) is 5.88. The third-order valence-electron chi connectivity index (χ3n) is 4.37. The van der Waals surface area contributed by atoms with Gasteiger partial charge in [-0.3, -0.25) is 9.48 Å². The summed E-state index contributed by atoms with van der Waals surface area (Å²) in [5, 5.41) is 17.6.